The third-order valence-corrected chi connectivity index (χ3v) is 3.73. The van der Waals surface area contributed by atoms with E-state index in [2.05, 4.69) is 0 Å². The van der Waals surface area contributed by atoms with Crippen LogP contribution >= 0.6 is 0 Å². The lowest BCUT2D eigenvalue weighted by Crippen LogP contribution is -2.32. The maximum Gasteiger partial charge on any atom is 0.234 e. The molecule has 5 nitrogen and oxygen atoms in total. The first kappa shape index (κ1) is 17.4. The van der Waals surface area contributed by atoms with Crippen molar-refractivity contribution in [1.82, 2.24) is 0 Å². The van der Waals surface area contributed by atoms with Gasteiger partial charge in [-0.15, -0.1) is 0 Å². The minimum atomic E-state index is -0.393. The summed E-state index contributed by atoms with van der Waals surface area (Å²) in [5, 5.41) is 0. The van der Waals surface area contributed by atoms with Crippen molar-refractivity contribution >= 4 is 29.0 Å². The number of amides is 2. The van der Waals surface area contributed by atoms with Gasteiger partial charge in [0.2, 0.25) is 11.8 Å². The molecule has 0 unspecified atom stereocenters. The van der Waals surface area contributed by atoms with Crippen molar-refractivity contribution in [3.05, 3.63) is 60.7 Å². The normalized spacial score (nSPS) is 10.1. The molecule has 0 spiro atoms. The summed E-state index contributed by atoms with van der Waals surface area (Å²) in [4.78, 5) is 39.2. The van der Waals surface area contributed by atoms with Crippen molar-refractivity contribution in [2.45, 2.75) is 12.8 Å². The van der Waals surface area contributed by atoms with Crippen LogP contribution in [0.2, 0.25) is 0 Å². The number of hydrogen-bond acceptors (Lipinski definition) is 3. The van der Waals surface area contributed by atoms with E-state index >= 15 is 0 Å². The Bertz CT molecular complexity index is 652. The molecule has 0 fully saturated rings. The average molecular weight is 324 g/mol. The Morgan fingerprint density at radius 1 is 0.667 bits per heavy atom. The van der Waals surface area contributed by atoms with Gasteiger partial charge < -0.3 is 9.80 Å². The zero-order valence-corrected chi connectivity index (χ0v) is 13.8. The third-order valence-electron chi connectivity index (χ3n) is 3.73. The fourth-order valence-corrected chi connectivity index (χ4v) is 2.23. The second-order valence-electron chi connectivity index (χ2n) is 5.47. The van der Waals surface area contributed by atoms with E-state index in [1.54, 1.807) is 38.4 Å². The highest BCUT2D eigenvalue weighted by atomic mass is 16.2. The Balaban J connectivity index is 1.90. The molecule has 2 rings (SSSR count). The van der Waals surface area contributed by atoms with Crippen LogP contribution in [-0.4, -0.2) is 31.7 Å². The number of Topliss-reactive ketones (excluding diaryl/α,β-unsaturated/α-hetero) is 1. The second kappa shape index (κ2) is 8.06. The van der Waals surface area contributed by atoms with E-state index < -0.39 is 5.78 Å². The van der Waals surface area contributed by atoms with E-state index in [-0.39, 0.29) is 24.7 Å². The first-order valence-electron chi connectivity index (χ1n) is 7.64. The van der Waals surface area contributed by atoms with E-state index in [1.165, 1.54) is 9.80 Å². The predicted molar refractivity (Wildman–Crippen MR) is 93.9 cm³/mol. The SMILES string of the molecule is CN(C(=O)CC(=O)CC(=O)N(C)c1ccccc1)c1ccccc1. The molecule has 0 saturated carbocycles. The van der Waals surface area contributed by atoms with E-state index in [9.17, 15) is 14.4 Å². The summed E-state index contributed by atoms with van der Waals surface area (Å²) in [6.45, 7) is 0. The lowest BCUT2D eigenvalue weighted by molar-refractivity contribution is -0.129. The summed E-state index contributed by atoms with van der Waals surface area (Å²) in [5.74, 6) is -1.06. The van der Waals surface area contributed by atoms with Gasteiger partial charge in [0.1, 0.15) is 0 Å². The topological polar surface area (TPSA) is 57.7 Å². The molecule has 0 bridgehead atoms. The molecular weight excluding hydrogens is 304 g/mol. The largest absolute Gasteiger partial charge is 0.315 e. The van der Waals surface area contributed by atoms with Crippen LogP contribution in [0.25, 0.3) is 0 Å². The Morgan fingerprint density at radius 2 is 1.00 bits per heavy atom. The Hall–Kier alpha value is -2.95. The number of rotatable bonds is 6. The van der Waals surface area contributed by atoms with E-state index in [4.69, 9.17) is 0 Å². The molecule has 124 valence electrons. The maximum atomic E-state index is 12.2. The standard InChI is InChI=1S/C19H20N2O3/c1-20(15-9-5-3-6-10-15)18(23)13-17(22)14-19(24)21(2)16-11-7-4-8-12-16/h3-12H,13-14H2,1-2H3. The van der Waals surface area contributed by atoms with E-state index in [0.717, 1.165) is 0 Å². The first-order valence-corrected chi connectivity index (χ1v) is 7.64. The fraction of sp³-hybridized carbons (Fsp3) is 0.211. The molecule has 0 aliphatic rings. The first-order chi connectivity index (χ1) is 11.5. The lowest BCUT2D eigenvalue weighted by Gasteiger charge is -2.18. The molecule has 0 aromatic heterocycles. The number of ketones is 1. The van der Waals surface area contributed by atoms with Gasteiger partial charge >= 0.3 is 0 Å². The van der Waals surface area contributed by atoms with E-state index in [1.807, 2.05) is 36.4 Å². The zero-order chi connectivity index (χ0) is 17.5. The summed E-state index contributed by atoms with van der Waals surface area (Å²) in [5.41, 5.74) is 1.42. The van der Waals surface area contributed by atoms with Crippen molar-refractivity contribution in [2.75, 3.05) is 23.9 Å². The summed E-state index contributed by atoms with van der Waals surface area (Å²) < 4.78 is 0. The molecule has 0 aliphatic heterocycles. The molecule has 0 aliphatic carbocycles. The molecule has 0 atom stereocenters. The summed E-state index contributed by atoms with van der Waals surface area (Å²) >= 11 is 0. The molecule has 2 amide bonds. The average Bonchev–Trinajstić information content (AvgIpc) is 2.61. The van der Waals surface area contributed by atoms with Crippen LogP contribution in [0.4, 0.5) is 11.4 Å². The van der Waals surface area contributed by atoms with Crippen molar-refractivity contribution in [3.8, 4) is 0 Å². The molecule has 0 saturated heterocycles. The molecule has 2 aromatic carbocycles. The smallest absolute Gasteiger partial charge is 0.234 e. The highest BCUT2D eigenvalue weighted by molar-refractivity contribution is 6.12. The molecular formula is C19H20N2O3. The number of para-hydroxylation sites is 2. The van der Waals surface area contributed by atoms with Gasteiger partial charge in [0, 0.05) is 25.5 Å². The highest BCUT2D eigenvalue weighted by Crippen LogP contribution is 2.14. The van der Waals surface area contributed by atoms with Crippen molar-refractivity contribution in [1.29, 1.82) is 0 Å². The maximum absolute atomic E-state index is 12.2. The molecule has 5 heteroatoms. The molecule has 0 radical (unpaired) electrons. The van der Waals surface area contributed by atoms with Crippen LogP contribution in [0.5, 0.6) is 0 Å². The van der Waals surface area contributed by atoms with Crippen LogP contribution in [0.3, 0.4) is 0 Å². The van der Waals surface area contributed by atoms with Gasteiger partial charge in [-0.1, -0.05) is 36.4 Å². The molecule has 0 N–H and O–H groups in total. The number of nitrogens with zero attached hydrogens (tertiary/aromatic N) is 2. The zero-order valence-electron chi connectivity index (χ0n) is 13.8. The van der Waals surface area contributed by atoms with Gasteiger partial charge in [0.05, 0.1) is 12.8 Å². The van der Waals surface area contributed by atoms with Gasteiger partial charge in [0.25, 0.3) is 0 Å². The third kappa shape index (κ3) is 4.52. The van der Waals surface area contributed by atoms with Crippen molar-refractivity contribution < 1.29 is 14.4 Å². The van der Waals surface area contributed by atoms with Gasteiger partial charge in [0.15, 0.2) is 5.78 Å². The monoisotopic (exact) mass is 324 g/mol. The molecule has 0 heterocycles. The minimum Gasteiger partial charge on any atom is -0.315 e. The number of carbonyl (C=O) groups is 3. The Morgan fingerprint density at radius 3 is 1.33 bits per heavy atom. The van der Waals surface area contributed by atoms with Crippen LogP contribution < -0.4 is 9.80 Å². The summed E-state index contributed by atoms with van der Waals surface area (Å²) in [6, 6.07) is 18.1. The Kier molecular flexibility index (Phi) is 5.84. The fourth-order valence-electron chi connectivity index (χ4n) is 2.23. The van der Waals surface area contributed by atoms with Gasteiger partial charge in [-0.25, -0.2) is 0 Å². The molecule has 2 aromatic rings. The summed E-state index contributed by atoms with van der Waals surface area (Å²) in [6.07, 6.45) is -0.584. The Labute approximate surface area is 141 Å². The number of carbonyl (C=O) groups excluding carboxylic acids is 3. The van der Waals surface area contributed by atoms with Crippen molar-refractivity contribution in [2.24, 2.45) is 0 Å². The van der Waals surface area contributed by atoms with Crippen LogP contribution in [0.1, 0.15) is 12.8 Å². The van der Waals surface area contributed by atoms with Gasteiger partial charge in [-0.05, 0) is 24.3 Å². The second-order valence-corrected chi connectivity index (χ2v) is 5.47. The highest BCUT2D eigenvalue weighted by Gasteiger charge is 2.20. The predicted octanol–water partition coefficient (Wildman–Crippen LogP) is 2.66. The number of hydrogen-bond donors (Lipinski definition) is 0. The molecule has 24 heavy (non-hydrogen) atoms. The van der Waals surface area contributed by atoms with Crippen molar-refractivity contribution in [3.63, 3.8) is 0 Å². The lowest BCUT2D eigenvalue weighted by atomic mass is 10.1. The van der Waals surface area contributed by atoms with Crippen LogP contribution in [0.15, 0.2) is 60.7 Å². The summed E-state index contributed by atoms with van der Waals surface area (Å²) in [7, 11) is 3.23. The van der Waals surface area contributed by atoms with Crippen LogP contribution in [0, 0.1) is 0 Å². The van der Waals surface area contributed by atoms with Gasteiger partial charge in [-0.3, -0.25) is 14.4 Å². The van der Waals surface area contributed by atoms with Crippen LogP contribution in [-0.2, 0) is 14.4 Å². The minimum absolute atomic E-state index is 0.292. The van der Waals surface area contributed by atoms with Gasteiger partial charge in [-0.2, -0.15) is 0 Å². The van der Waals surface area contributed by atoms with E-state index in [0.29, 0.717) is 11.4 Å². The number of benzene rings is 2. The number of anilines is 2. The quantitative estimate of drug-likeness (QED) is 0.768.